The number of ether oxygens (including phenoxy) is 2. The Morgan fingerprint density at radius 1 is 0.974 bits per heavy atom. The van der Waals surface area contributed by atoms with Gasteiger partial charge in [-0.05, 0) is 60.4 Å². The van der Waals surface area contributed by atoms with Crippen molar-refractivity contribution in [3.63, 3.8) is 0 Å². The summed E-state index contributed by atoms with van der Waals surface area (Å²) in [6, 6.07) is 17.6. The maximum atomic E-state index is 13.9. The molecule has 2 amide bonds. The highest BCUT2D eigenvalue weighted by Gasteiger charge is 2.37. The minimum atomic E-state index is -0.388. The third-order valence-corrected chi connectivity index (χ3v) is 7.54. The molecule has 2 aliphatic rings. The van der Waals surface area contributed by atoms with Gasteiger partial charge in [0.05, 0.1) is 14.2 Å². The summed E-state index contributed by atoms with van der Waals surface area (Å²) < 4.78 is 13.3. The number of likely N-dealkylation sites (tertiary alicyclic amines) is 1. The first kappa shape index (κ1) is 25.8. The number of hydrogen-bond donors (Lipinski definition) is 1. The number of carbonyl (C=O) groups is 2. The molecule has 5 rings (SSSR count). The first-order chi connectivity index (χ1) is 18.4. The summed E-state index contributed by atoms with van der Waals surface area (Å²) >= 11 is 3.40. The molecule has 3 heterocycles. The fourth-order valence-electron chi connectivity index (χ4n) is 5.32. The number of pyridine rings is 1. The summed E-state index contributed by atoms with van der Waals surface area (Å²) in [6.45, 7) is 1.55. The van der Waals surface area contributed by atoms with Crippen molar-refractivity contribution in [2.45, 2.75) is 18.9 Å². The molecule has 196 valence electrons. The SMILES string of the molecule is COc1ccc(/C=C(\NC(=O)c2cccc(Br)c2)C(=O)N2C[C@H]3C[C@@H](C2)c2cccc(=O)n2C3)cc1OC. The van der Waals surface area contributed by atoms with E-state index in [1.54, 1.807) is 73.7 Å². The zero-order valence-electron chi connectivity index (χ0n) is 21.1. The normalized spacial score (nSPS) is 18.4. The van der Waals surface area contributed by atoms with Crippen LogP contribution in [0.2, 0.25) is 0 Å². The van der Waals surface area contributed by atoms with Gasteiger partial charge in [0.2, 0.25) is 0 Å². The van der Waals surface area contributed by atoms with Gasteiger partial charge in [-0.1, -0.05) is 34.1 Å². The topological polar surface area (TPSA) is 89.9 Å². The van der Waals surface area contributed by atoms with E-state index in [2.05, 4.69) is 21.2 Å². The third-order valence-electron chi connectivity index (χ3n) is 7.05. The molecule has 0 spiro atoms. The lowest BCUT2D eigenvalue weighted by molar-refractivity contribution is -0.130. The second kappa shape index (κ2) is 10.9. The Labute approximate surface area is 229 Å². The van der Waals surface area contributed by atoms with Crippen LogP contribution in [-0.2, 0) is 11.3 Å². The van der Waals surface area contributed by atoms with Crippen molar-refractivity contribution in [2.24, 2.45) is 5.92 Å². The Kier molecular flexibility index (Phi) is 7.37. The van der Waals surface area contributed by atoms with E-state index >= 15 is 0 Å². The summed E-state index contributed by atoms with van der Waals surface area (Å²) in [4.78, 5) is 41.3. The fourth-order valence-corrected chi connectivity index (χ4v) is 5.72. The fraction of sp³-hybridized carbons (Fsp3) is 0.276. The molecule has 38 heavy (non-hydrogen) atoms. The molecular weight excluding hydrogens is 550 g/mol. The molecule has 2 aliphatic heterocycles. The number of rotatable bonds is 6. The zero-order chi connectivity index (χ0) is 26.8. The molecule has 1 fully saturated rings. The number of hydrogen-bond acceptors (Lipinski definition) is 5. The number of amides is 2. The molecule has 9 heteroatoms. The highest BCUT2D eigenvalue weighted by Crippen LogP contribution is 2.35. The van der Waals surface area contributed by atoms with Gasteiger partial charge in [-0.15, -0.1) is 0 Å². The van der Waals surface area contributed by atoms with Gasteiger partial charge >= 0.3 is 0 Å². The molecule has 8 nitrogen and oxygen atoms in total. The highest BCUT2D eigenvalue weighted by molar-refractivity contribution is 9.10. The Morgan fingerprint density at radius 3 is 2.53 bits per heavy atom. The van der Waals surface area contributed by atoms with Crippen molar-refractivity contribution in [3.8, 4) is 11.5 Å². The number of halogens is 1. The molecule has 2 bridgehead atoms. The van der Waals surface area contributed by atoms with Crippen LogP contribution in [0.5, 0.6) is 11.5 Å². The van der Waals surface area contributed by atoms with Crippen LogP contribution in [-0.4, -0.2) is 48.6 Å². The first-order valence-electron chi connectivity index (χ1n) is 12.4. The van der Waals surface area contributed by atoms with Crippen molar-refractivity contribution in [1.29, 1.82) is 0 Å². The van der Waals surface area contributed by atoms with Gasteiger partial charge < -0.3 is 24.3 Å². The predicted octanol–water partition coefficient (Wildman–Crippen LogP) is 4.04. The summed E-state index contributed by atoms with van der Waals surface area (Å²) in [5.74, 6) is 0.635. The van der Waals surface area contributed by atoms with E-state index in [-0.39, 0.29) is 34.9 Å². The summed E-state index contributed by atoms with van der Waals surface area (Å²) in [5, 5.41) is 2.85. The molecule has 3 aromatic rings. The number of carbonyl (C=O) groups excluding carboxylic acids is 2. The highest BCUT2D eigenvalue weighted by atomic mass is 79.9. The molecule has 1 saturated heterocycles. The quantitative estimate of drug-likeness (QED) is 0.446. The van der Waals surface area contributed by atoms with E-state index in [9.17, 15) is 14.4 Å². The minimum absolute atomic E-state index is 0.00713. The maximum Gasteiger partial charge on any atom is 0.270 e. The summed E-state index contributed by atoms with van der Waals surface area (Å²) in [6.07, 6.45) is 2.58. The van der Waals surface area contributed by atoms with Gasteiger partial charge in [0, 0.05) is 47.3 Å². The first-order valence-corrected chi connectivity index (χ1v) is 13.1. The van der Waals surface area contributed by atoms with Crippen molar-refractivity contribution in [3.05, 3.63) is 98.0 Å². The molecule has 1 aromatic heterocycles. The standard InChI is InChI=1S/C29H28BrN3O5/c1-37-25-10-9-18(13-26(25)38-2)12-23(31-28(35)20-5-3-6-22(30)14-20)29(36)32-15-19-11-21(17-32)24-7-4-8-27(34)33(24)16-19/h3-10,12-14,19,21H,11,15-17H2,1-2H3,(H,31,35)/b23-12-/t19-,21+/m1/s1. The van der Waals surface area contributed by atoms with Crippen LogP contribution in [0.15, 0.2) is 75.6 Å². The molecule has 0 unspecified atom stereocenters. The van der Waals surface area contributed by atoms with Gasteiger partial charge in [0.15, 0.2) is 11.5 Å². The van der Waals surface area contributed by atoms with E-state index < -0.39 is 0 Å². The second-order valence-electron chi connectivity index (χ2n) is 9.55. The van der Waals surface area contributed by atoms with E-state index in [1.165, 1.54) is 0 Å². The number of piperidine rings is 1. The van der Waals surface area contributed by atoms with Crippen LogP contribution in [0.4, 0.5) is 0 Å². The van der Waals surface area contributed by atoms with Crippen LogP contribution in [0.3, 0.4) is 0 Å². The molecule has 2 atom stereocenters. The van der Waals surface area contributed by atoms with Crippen LogP contribution in [0.1, 0.15) is 34.0 Å². The lowest BCUT2D eigenvalue weighted by atomic mass is 9.83. The van der Waals surface area contributed by atoms with E-state index in [1.807, 2.05) is 16.7 Å². The van der Waals surface area contributed by atoms with Crippen LogP contribution in [0.25, 0.3) is 6.08 Å². The van der Waals surface area contributed by atoms with Crippen molar-refractivity contribution in [2.75, 3.05) is 27.3 Å². The Balaban J connectivity index is 1.47. The lowest BCUT2D eigenvalue weighted by Gasteiger charge is -2.43. The summed E-state index contributed by atoms with van der Waals surface area (Å²) in [5.41, 5.74) is 2.21. The average molecular weight is 578 g/mol. The molecule has 0 aliphatic carbocycles. The molecule has 2 aromatic carbocycles. The van der Waals surface area contributed by atoms with Gasteiger partial charge in [-0.3, -0.25) is 14.4 Å². The number of fused-ring (bicyclic) bond motifs is 4. The molecular formula is C29H28BrN3O5. The van der Waals surface area contributed by atoms with Gasteiger partial charge in [-0.2, -0.15) is 0 Å². The predicted molar refractivity (Wildman–Crippen MR) is 147 cm³/mol. The van der Waals surface area contributed by atoms with Gasteiger partial charge in [0.25, 0.3) is 17.4 Å². The van der Waals surface area contributed by atoms with Crippen molar-refractivity contribution < 1.29 is 19.1 Å². The Morgan fingerprint density at radius 2 is 1.76 bits per heavy atom. The molecule has 0 radical (unpaired) electrons. The van der Waals surface area contributed by atoms with Crippen LogP contribution in [0, 0.1) is 5.92 Å². The van der Waals surface area contributed by atoms with E-state index in [4.69, 9.17) is 9.47 Å². The third kappa shape index (κ3) is 5.24. The minimum Gasteiger partial charge on any atom is -0.493 e. The van der Waals surface area contributed by atoms with Crippen LogP contribution >= 0.6 is 15.9 Å². The molecule has 1 N–H and O–H groups in total. The van der Waals surface area contributed by atoms with E-state index in [0.29, 0.717) is 42.3 Å². The maximum absolute atomic E-state index is 13.9. The van der Waals surface area contributed by atoms with Gasteiger partial charge in [-0.25, -0.2) is 0 Å². The Hall–Kier alpha value is -3.85. The Bertz CT molecular complexity index is 1480. The van der Waals surface area contributed by atoms with Gasteiger partial charge in [0.1, 0.15) is 5.70 Å². The lowest BCUT2D eigenvalue weighted by Crippen LogP contribution is -2.50. The van der Waals surface area contributed by atoms with E-state index in [0.717, 1.165) is 16.6 Å². The number of nitrogens with zero attached hydrogens (tertiary/aromatic N) is 2. The van der Waals surface area contributed by atoms with Crippen molar-refractivity contribution >= 4 is 33.8 Å². The van der Waals surface area contributed by atoms with Crippen molar-refractivity contribution in [1.82, 2.24) is 14.8 Å². The zero-order valence-corrected chi connectivity index (χ0v) is 22.7. The molecule has 0 saturated carbocycles. The smallest absolute Gasteiger partial charge is 0.270 e. The van der Waals surface area contributed by atoms with Crippen LogP contribution < -0.4 is 20.3 Å². The number of benzene rings is 2. The number of nitrogens with one attached hydrogen (secondary N) is 1. The monoisotopic (exact) mass is 577 g/mol. The summed E-state index contributed by atoms with van der Waals surface area (Å²) in [7, 11) is 3.10. The second-order valence-corrected chi connectivity index (χ2v) is 10.5. The average Bonchev–Trinajstić information content (AvgIpc) is 2.92. The largest absolute Gasteiger partial charge is 0.493 e. The number of methoxy groups -OCH3 is 2. The number of aromatic nitrogens is 1.